The van der Waals surface area contributed by atoms with Gasteiger partial charge in [-0.05, 0) is 50.0 Å². The van der Waals surface area contributed by atoms with Gasteiger partial charge in [-0.2, -0.15) is 0 Å². The molecule has 0 aliphatic carbocycles. The molecule has 0 atom stereocenters. The fourth-order valence-corrected chi connectivity index (χ4v) is 4.08. The lowest BCUT2D eigenvalue weighted by Gasteiger charge is -2.32. The maximum atomic E-state index is 4.50. The smallest absolute Gasteiger partial charge is 0.147 e. The molecule has 5 nitrogen and oxygen atoms in total. The number of aryl methyl sites for hydroxylation is 1. The van der Waals surface area contributed by atoms with Gasteiger partial charge in [0.25, 0.3) is 0 Å². The van der Waals surface area contributed by atoms with Crippen LogP contribution in [-0.2, 0) is 19.6 Å². The minimum atomic E-state index is 0. The van der Waals surface area contributed by atoms with Crippen LogP contribution < -0.4 is 5.32 Å². The zero-order valence-corrected chi connectivity index (χ0v) is 16.9. The maximum Gasteiger partial charge on any atom is 0.147 e. The van der Waals surface area contributed by atoms with E-state index in [1.165, 1.54) is 34.3 Å². The summed E-state index contributed by atoms with van der Waals surface area (Å²) in [6.45, 7) is 8.37. The summed E-state index contributed by atoms with van der Waals surface area (Å²) in [7, 11) is 0. The molecule has 7 heteroatoms. The van der Waals surface area contributed by atoms with Crippen molar-refractivity contribution in [3.63, 3.8) is 0 Å². The Kier molecular flexibility index (Phi) is 6.15. The summed E-state index contributed by atoms with van der Waals surface area (Å²) < 4.78 is 3.53. The number of benzene rings is 1. The molecule has 0 bridgehead atoms. The average molecular weight is 427 g/mol. The fourth-order valence-electron chi connectivity index (χ4n) is 3.83. The van der Waals surface area contributed by atoms with Crippen molar-refractivity contribution in [1.29, 1.82) is 0 Å². The minimum Gasteiger partial charge on any atom is -0.312 e. The lowest BCUT2D eigenvalue weighted by Crippen LogP contribution is -2.34. The lowest BCUT2D eigenvalue weighted by atomic mass is 9.95. The first-order chi connectivity index (χ1) is 11.7. The molecule has 136 valence electrons. The van der Waals surface area contributed by atoms with Gasteiger partial charge in [-0.15, -0.1) is 22.6 Å². The van der Waals surface area contributed by atoms with E-state index >= 15 is 0 Å². The van der Waals surface area contributed by atoms with E-state index in [9.17, 15) is 0 Å². The molecule has 1 aromatic carbocycles. The number of nitrogens with zero attached hydrogens (tertiary/aromatic N) is 4. The van der Waals surface area contributed by atoms with Crippen molar-refractivity contribution in [3.8, 4) is 0 Å². The van der Waals surface area contributed by atoms with Crippen molar-refractivity contribution in [2.24, 2.45) is 0 Å². The van der Waals surface area contributed by atoms with Crippen molar-refractivity contribution in [2.45, 2.75) is 45.3 Å². The third-order valence-corrected chi connectivity index (χ3v) is 6.12. The summed E-state index contributed by atoms with van der Waals surface area (Å²) in [6, 6.07) is 6.68. The molecule has 3 heterocycles. The summed E-state index contributed by atoms with van der Waals surface area (Å²) in [4.78, 5) is 2.56. The summed E-state index contributed by atoms with van der Waals surface area (Å²) in [5.74, 6) is 2.88. The first-order valence-corrected chi connectivity index (χ1v) is 9.60. The Hall–Kier alpha value is -0.950. The molecule has 2 aliphatic rings. The quantitative estimate of drug-likeness (QED) is 0.818. The SMILES string of the molecule is Cc1cc(CN2CCC(c3nnc4n3CCNC4)CC2)ccc1Br.Cl. The monoisotopic (exact) mass is 425 g/mol. The molecule has 1 fully saturated rings. The van der Waals surface area contributed by atoms with E-state index in [0.29, 0.717) is 5.92 Å². The van der Waals surface area contributed by atoms with Crippen molar-refractivity contribution in [2.75, 3.05) is 19.6 Å². The van der Waals surface area contributed by atoms with E-state index < -0.39 is 0 Å². The zero-order valence-electron chi connectivity index (χ0n) is 14.5. The minimum absolute atomic E-state index is 0. The molecule has 0 unspecified atom stereocenters. The Balaban J connectivity index is 0.00000182. The number of likely N-dealkylation sites (tertiary alicyclic amines) is 1. The molecular weight excluding hydrogens is 402 g/mol. The van der Waals surface area contributed by atoms with Crippen LogP contribution in [0.5, 0.6) is 0 Å². The Morgan fingerprint density at radius 2 is 2.00 bits per heavy atom. The van der Waals surface area contributed by atoms with Gasteiger partial charge < -0.3 is 9.88 Å². The highest BCUT2D eigenvalue weighted by molar-refractivity contribution is 9.10. The van der Waals surface area contributed by atoms with Gasteiger partial charge in [0.2, 0.25) is 0 Å². The standard InChI is InChI=1S/C18H24BrN5.ClH/c1-13-10-14(2-3-16(13)19)12-23-7-4-15(5-8-23)18-22-21-17-11-20-6-9-24(17)18;/h2-3,10,15,20H,4-9,11-12H2,1H3;1H. The van der Waals surface area contributed by atoms with E-state index in [1.807, 2.05) is 0 Å². The first-order valence-electron chi connectivity index (χ1n) is 8.81. The van der Waals surface area contributed by atoms with Crippen molar-refractivity contribution >= 4 is 28.3 Å². The van der Waals surface area contributed by atoms with Crippen LogP contribution >= 0.6 is 28.3 Å². The van der Waals surface area contributed by atoms with Gasteiger partial charge in [-0.1, -0.05) is 28.1 Å². The summed E-state index contributed by atoms with van der Waals surface area (Å²) >= 11 is 3.58. The van der Waals surface area contributed by atoms with Crippen LogP contribution in [-0.4, -0.2) is 39.3 Å². The van der Waals surface area contributed by atoms with Crippen LogP contribution in [0.1, 0.15) is 41.5 Å². The van der Waals surface area contributed by atoms with Gasteiger partial charge in [0, 0.05) is 30.0 Å². The molecule has 4 rings (SSSR count). The highest BCUT2D eigenvalue weighted by Gasteiger charge is 2.26. The number of nitrogens with one attached hydrogen (secondary N) is 1. The Morgan fingerprint density at radius 1 is 1.20 bits per heavy atom. The van der Waals surface area contributed by atoms with Crippen LogP contribution in [0.3, 0.4) is 0 Å². The topological polar surface area (TPSA) is 46.0 Å². The molecular formula is C18H25BrClN5. The third-order valence-electron chi connectivity index (χ3n) is 5.23. The Morgan fingerprint density at radius 3 is 2.76 bits per heavy atom. The first kappa shape index (κ1) is 18.8. The van der Waals surface area contributed by atoms with Gasteiger partial charge in [-0.25, -0.2) is 0 Å². The van der Waals surface area contributed by atoms with E-state index in [-0.39, 0.29) is 12.4 Å². The highest BCUT2D eigenvalue weighted by atomic mass is 79.9. The summed E-state index contributed by atoms with van der Waals surface area (Å²) in [6.07, 6.45) is 2.36. The molecule has 1 saturated heterocycles. The summed E-state index contributed by atoms with van der Waals surface area (Å²) in [5.41, 5.74) is 2.71. The van der Waals surface area contributed by atoms with Crippen LogP contribution in [0, 0.1) is 6.92 Å². The molecule has 25 heavy (non-hydrogen) atoms. The number of hydrogen-bond acceptors (Lipinski definition) is 4. The van der Waals surface area contributed by atoms with Gasteiger partial charge in [0.15, 0.2) is 0 Å². The van der Waals surface area contributed by atoms with E-state index in [0.717, 1.165) is 45.1 Å². The molecule has 0 amide bonds. The number of rotatable bonds is 3. The largest absolute Gasteiger partial charge is 0.312 e. The lowest BCUT2D eigenvalue weighted by molar-refractivity contribution is 0.199. The van der Waals surface area contributed by atoms with Crippen molar-refractivity contribution in [3.05, 3.63) is 45.4 Å². The third kappa shape index (κ3) is 4.08. The highest BCUT2D eigenvalue weighted by Crippen LogP contribution is 2.29. The van der Waals surface area contributed by atoms with E-state index in [4.69, 9.17) is 0 Å². The number of piperidine rings is 1. The second kappa shape index (κ2) is 8.16. The van der Waals surface area contributed by atoms with Crippen LogP contribution in [0.25, 0.3) is 0 Å². The van der Waals surface area contributed by atoms with Crippen molar-refractivity contribution in [1.82, 2.24) is 25.0 Å². The molecule has 0 radical (unpaired) electrons. The molecule has 1 aromatic heterocycles. The molecule has 0 saturated carbocycles. The van der Waals surface area contributed by atoms with Gasteiger partial charge in [-0.3, -0.25) is 4.90 Å². The molecule has 1 N–H and O–H groups in total. The Labute approximate surface area is 163 Å². The van der Waals surface area contributed by atoms with Gasteiger partial charge >= 0.3 is 0 Å². The second-order valence-corrected chi connectivity index (χ2v) is 7.79. The number of halogens is 2. The van der Waals surface area contributed by atoms with Crippen LogP contribution in [0.4, 0.5) is 0 Å². The van der Waals surface area contributed by atoms with E-state index in [1.54, 1.807) is 0 Å². The Bertz CT molecular complexity index is 724. The zero-order chi connectivity index (χ0) is 16.5. The van der Waals surface area contributed by atoms with Gasteiger partial charge in [0.1, 0.15) is 11.6 Å². The predicted octanol–water partition coefficient (Wildman–Crippen LogP) is 3.25. The van der Waals surface area contributed by atoms with E-state index in [2.05, 4.69) is 66.0 Å². The molecule has 2 aromatic rings. The summed E-state index contributed by atoms with van der Waals surface area (Å²) in [5, 5.41) is 12.2. The molecule has 0 spiro atoms. The molecule has 2 aliphatic heterocycles. The average Bonchev–Trinajstić information content (AvgIpc) is 3.03. The van der Waals surface area contributed by atoms with Crippen molar-refractivity contribution < 1.29 is 0 Å². The maximum absolute atomic E-state index is 4.50. The normalized spacial score (nSPS) is 18.6. The van der Waals surface area contributed by atoms with Gasteiger partial charge in [0.05, 0.1) is 6.54 Å². The number of fused-ring (bicyclic) bond motifs is 1. The fraction of sp³-hybridized carbons (Fsp3) is 0.556. The van der Waals surface area contributed by atoms with Crippen LogP contribution in [0.15, 0.2) is 22.7 Å². The number of hydrogen-bond donors (Lipinski definition) is 1. The number of aromatic nitrogens is 3. The second-order valence-electron chi connectivity index (χ2n) is 6.94. The van der Waals surface area contributed by atoms with Crippen LogP contribution in [0.2, 0.25) is 0 Å². The predicted molar refractivity (Wildman–Crippen MR) is 105 cm³/mol.